The number of fused-ring (bicyclic) bond motifs is 1. The molecule has 5 heteroatoms. The molecule has 2 aliphatic rings. The Morgan fingerprint density at radius 2 is 2.00 bits per heavy atom. The lowest BCUT2D eigenvalue weighted by Gasteiger charge is -2.38. The van der Waals surface area contributed by atoms with Gasteiger partial charge in [-0.05, 0) is 31.4 Å². The molecule has 1 fully saturated rings. The molecular weight excluding hydrogens is 246 g/mol. The molecule has 5 nitrogen and oxygen atoms in total. The van der Waals surface area contributed by atoms with Crippen LogP contribution in [0.25, 0.3) is 0 Å². The molecule has 0 radical (unpaired) electrons. The summed E-state index contributed by atoms with van der Waals surface area (Å²) in [5.41, 5.74) is -0.119. The van der Waals surface area contributed by atoms with Gasteiger partial charge in [0.25, 0.3) is 0 Å². The van der Waals surface area contributed by atoms with E-state index in [1.807, 2.05) is 0 Å². The van der Waals surface area contributed by atoms with Gasteiger partial charge in [-0.1, -0.05) is 0 Å². The minimum atomic E-state index is -0.690. The van der Waals surface area contributed by atoms with Crippen LogP contribution in [-0.4, -0.2) is 24.4 Å². The molecule has 0 amide bonds. The highest BCUT2D eigenvalue weighted by Crippen LogP contribution is 2.54. The molecule has 1 aromatic carbocycles. The number of hydrogen-bond donors (Lipinski definition) is 1. The zero-order chi connectivity index (χ0) is 13.3. The van der Waals surface area contributed by atoms with Gasteiger partial charge in [0.15, 0.2) is 11.5 Å². The number of phenolic OH excluding ortho intramolecular Hbond substituents is 1. The van der Waals surface area contributed by atoms with Crippen LogP contribution in [0.5, 0.6) is 17.2 Å². The van der Waals surface area contributed by atoms with Crippen LogP contribution >= 0.6 is 0 Å². The fourth-order valence-corrected chi connectivity index (χ4v) is 2.69. The first-order valence-corrected chi connectivity index (χ1v) is 6.48. The van der Waals surface area contributed by atoms with Crippen LogP contribution in [0.15, 0.2) is 17.1 Å². The second kappa shape index (κ2) is 4.59. The Labute approximate surface area is 110 Å². The molecular formula is C14H15NO4. The maximum Gasteiger partial charge on any atom is 0.235 e. The van der Waals surface area contributed by atoms with E-state index < -0.39 is 5.54 Å². The lowest BCUT2D eigenvalue weighted by atomic mass is 9.71. The van der Waals surface area contributed by atoms with E-state index in [-0.39, 0.29) is 5.75 Å². The number of rotatable bonds is 2. The van der Waals surface area contributed by atoms with Crippen LogP contribution in [0.3, 0.4) is 0 Å². The number of phenols is 1. The lowest BCUT2D eigenvalue weighted by molar-refractivity contribution is 0.230. The summed E-state index contributed by atoms with van der Waals surface area (Å²) in [6, 6.07) is 3.26. The molecule has 1 aromatic rings. The highest BCUT2D eigenvalue weighted by molar-refractivity contribution is 5.58. The van der Waals surface area contributed by atoms with E-state index in [9.17, 15) is 9.90 Å². The van der Waals surface area contributed by atoms with Crippen molar-refractivity contribution in [2.45, 2.75) is 31.2 Å². The minimum Gasteiger partial charge on any atom is -0.507 e. The van der Waals surface area contributed by atoms with Gasteiger partial charge >= 0.3 is 0 Å². The van der Waals surface area contributed by atoms with Crippen molar-refractivity contribution in [3.8, 4) is 17.2 Å². The second-order valence-corrected chi connectivity index (χ2v) is 4.93. The van der Waals surface area contributed by atoms with E-state index in [0.29, 0.717) is 30.3 Å². The normalized spacial score (nSPS) is 19.8. The van der Waals surface area contributed by atoms with E-state index in [0.717, 1.165) is 25.7 Å². The van der Waals surface area contributed by atoms with E-state index in [4.69, 9.17) is 9.47 Å². The standard InChI is InChI=1S/C14H15NO4/c16-9-15-14(5-1-6-14)12-10(17)3-4-11-13(12)19-8-2-7-18-11/h3-4,17H,1-2,5-8H2. The minimum absolute atomic E-state index is 0.1000. The van der Waals surface area contributed by atoms with Crippen molar-refractivity contribution in [1.82, 2.24) is 0 Å². The van der Waals surface area contributed by atoms with Gasteiger partial charge in [-0.2, -0.15) is 4.99 Å². The third-order valence-electron chi connectivity index (χ3n) is 3.80. The van der Waals surface area contributed by atoms with Gasteiger partial charge in [-0.15, -0.1) is 0 Å². The van der Waals surface area contributed by atoms with Crippen molar-refractivity contribution in [1.29, 1.82) is 0 Å². The van der Waals surface area contributed by atoms with Crippen molar-refractivity contribution in [3.05, 3.63) is 17.7 Å². The summed E-state index contributed by atoms with van der Waals surface area (Å²) >= 11 is 0. The van der Waals surface area contributed by atoms with Gasteiger partial charge < -0.3 is 14.6 Å². The topological polar surface area (TPSA) is 68.1 Å². The Morgan fingerprint density at radius 1 is 1.21 bits per heavy atom. The molecule has 0 atom stereocenters. The third kappa shape index (κ3) is 1.87. The van der Waals surface area contributed by atoms with Crippen molar-refractivity contribution < 1.29 is 19.4 Å². The van der Waals surface area contributed by atoms with Gasteiger partial charge in [-0.25, -0.2) is 4.79 Å². The summed E-state index contributed by atoms with van der Waals surface area (Å²) in [4.78, 5) is 14.6. The predicted molar refractivity (Wildman–Crippen MR) is 67.4 cm³/mol. The van der Waals surface area contributed by atoms with Gasteiger partial charge in [0.05, 0.1) is 18.8 Å². The van der Waals surface area contributed by atoms with Crippen LogP contribution in [0.2, 0.25) is 0 Å². The Hall–Kier alpha value is -2.00. The summed E-state index contributed by atoms with van der Waals surface area (Å²) in [6.07, 6.45) is 4.82. The molecule has 1 aliphatic heterocycles. The van der Waals surface area contributed by atoms with Crippen LogP contribution in [0.4, 0.5) is 0 Å². The Bertz CT molecular complexity index is 545. The first-order valence-electron chi connectivity index (χ1n) is 6.48. The Morgan fingerprint density at radius 3 is 2.68 bits per heavy atom. The molecule has 1 heterocycles. The van der Waals surface area contributed by atoms with Gasteiger partial charge in [0, 0.05) is 6.42 Å². The fourth-order valence-electron chi connectivity index (χ4n) is 2.69. The monoisotopic (exact) mass is 261 g/mol. The van der Waals surface area contributed by atoms with Crippen LogP contribution in [-0.2, 0) is 10.3 Å². The number of ether oxygens (including phenoxy) is 2. The molecule has 0 saturated heterocycles. The van der Waals surface area contributed by atoms with Crippen LogP contribution in [0.1, 0.15) is 31.2 Å². The molecule has 0 spiro atoms. The highest BCUT2D eigenvalue weighted by atomic mass is 16.5. The van der Waals surface area contributed by atoms with Gasteiger partial charge in [0.1, 0.15) is 11.3 Å². The number of aromatic hydroxyl groups is 1. The maximum absolute atomic E-state index is 10.7. The third-order valence-corrected chi connectivity index (χ3v) is 3.80. The lowest BCUT2D eigenvalue weighted by Crippen LogP contribution is -2.32. The number of benzene rings is 1. The molecule has 19 heavy (non-hydrogen) atoms. The Balaban J connectivity index is 2.16. The molecule has 3 rings (SSSR count). The van der Waals surface area contributed by atoms with Gasteiger partial charge in [0.2, 0.25) is 6.08 Å². The van der Waals surface area contributed by atoms with E-state index in [1.165, 1.54) is 0 Å². The number of nitrogens with zero attached hydrogens (tertiary/aromatic N) is 1. The summed E-state index contributed by atoms with van der Waals surface area (Å²) < 4.78 is 11.3. The van der Waals surface area contributed by atoms with Crippen LogP contribution < -0.4 is 9.47 Å². The van der Waals surface area contributed by atoms with Gasteiger partial charge in [-0.3, -0.25) is 0 Å². The highest BCUT2D eigenvalue weighted by Gasteiger charge is 2.44. The largest absolute Gasteiger partial charge is 0.507 e. The summed E-state index contributed by atoms with van der Waals surface area (Å²) in [5, 5.41) is 10.2. The quantitative estimate of drug-likeness (QED) is 0.655. The maximum atomic E-state index is 10.7. The average molecular weight is 261 g/mol. The zero-order valence-electron chi connectivity index (χ0n) is 10.5. The molecule has 1 saturated carbocycles. The summed E-state index contributed by atoms with van der Waals surface area (Å²) in [6.45, 7) is 1.12. The Kier molecular flexibility index (Phi) is 2.91. The first kappa shape index (κ1) is 12.1. The molecule has 0 unspecified atom stereocenters. The van der Waals surface area contributed by atoms with E-state index in [2.05, 4.69) is 4.99 Å². The van der Waals surface area contributed by atoms with Crippen LogP contribution in [0, 0.1) is 0 Å². The summed E-state index contributed by atoms with van der Waals surface area (Å²) in [5.74, 6) is 1.23. The average Bonchev–Trinajstić information content (AvgIpc) is 2.60. The predicted octanol–water partition coefficient (Wildman–Crippen LogP) is 2.27. The molecule has 1 N–H and O–H groups in total. The van der Waals surface area contributed by atoms with Crippen molar-refractivity contribution >= 4 is 6.08 Å². The molecule has 0 aromatic heterocycles. The second-order valence-electron chi connectivity index (χ2n) is 4.93. The fraction of sp³-hybridized carbons (Fsp3) is 0.500. The molecule has 1 aliphatic carbocycles. The number of aliphatic imine (C=N–C) groups is 1. The number of carbonyl (C=O) groups excluding carboxylic acids is 1. The molecule has 0 bridgehead atoms. The van der Waals surface area contributed by atoms with E-state index >= 15 is 0 Å². The van der Waals surface area contributed by atoms with E-state index in [1.54, 1.807) is 18.2 Å². The molecule has 100 valence electrons. The SMILES string of the molecule is O=C=NC1(c2c(O)ccc3c2OCCCO3)CCC1. The smallest absolute Gasteiger partial charge is 0.235 e. The number of isocyanates is 1. The van der Waals surface area contributed by atoms with Crippen molar-refractivity contribution in [3.63, 3.8) is 0 Å². The zero-order valence-corrected chi connectivity index (χ0v) is 10.5. The first-order chi connectivity index (χ1) is 9.27. The summed E-state index contributed by atoms with van der Waals surface area (Å²) in [7, 11) is 0. The van der Waals surface area contributed by atoms with Crippen molar-refractivity contribution in [2.75, 3.05) is 13.2 Å². The number of hydrogen-bond acceptors (Lipinski definition) is 5. The van der Waals surface area contributed by atoms with Crippen molar-refractivity contribution in [2.24, 2.45) is 4.99 Å².